The quantitative estimate of drug-likeness (QED) is 0.896. The zero-order chi connectivity index (χ0) is 15.6. The second-order valence-electron chi connectivity index (χ2n) is 5.00. The van der Waals surface area contributed by atoms with Crippen LogP contribution in [0.5, 0.6) is 0 Å². The Bertz CT molecular complexity index is 535. The molecule has 1 fully saturated rings. The Morgan fingerprint density at radius 3 is 2.05 bits per heavy atom. The van der Waals surface area contributed by atoms with E-state index in [1.165, 1.54) is 0 Å². The van der Waals surface area contributed by atoms with Crippen LogP contribution in [0.25, 0.3) is 0 Å². The Balaban J connectivity index is 2.06. The average Bonchev–Trinajstić information content (AvgIpc) is 2.46. The lowest BCUT2D eigenvalue weighted by Gasteiger charge is -2.35. The number of hydrogen-bond donors (Lipinski definition) is 1. The minimum atomic E-state index is -0.523. The van der Waals surface area contributed by atoms with Crippen molar-refractivity contribution in [2.75, 3.05) is 26.2 Å². The minimum Gasteiger partial charge on any atom is -0.338 e. The molecule has 1 saturated heterocycles. The Kier molecular flexibility index (Phi) is 5.08. The van der Waals surface area contributed by atoms with Crippen molar-refractivity contribution in [3.8, 4) is 0 Å². The third kappa shape index (κ3) is 3.48. The van der Waals surface area contributed by atoms with E-state index in [9.17, 15) is 9.59 Å². The van der Waals surface area contributed by atoms with Crippen molar-refractivity contribution in [2.24, 2.45) is 5.73 Å². The molecule has 1 atom stereocenters. The zero-order valence-corrected chi connectivity index (χ0v) is 13.2. The normalized spacial score (nSPS) is 16.8. The molecule has 2 rings (SSSR count). The predicted molar refractivity (Wildman–Crippen MR) is 82.6 cm³/mol. The van der Waals surface area contributed by atoms with Gasteiger partial charge in [0.2, 0.25) is 5.91 Å². The van der Waals surface area contributed by atoms with Gasteiger partial charge in [0.15, 0.2) is 0 Å². The van der Waals surface area contributed by atoms with Crippen LogP contribution in [-0.4, -0.2) is 53.8 Å². The maximum atomic E-state index is 12.5. The third-order valence-corrected chi connectivity index (χ3v) is 4.07. The molecule has 7 heteroatoms. The lowest BCUT2D eigenvalue weighted by atomic mass is 10.1. The molecule has 0 spiro atoms. The molecule has 2 amide bonds. The van der Waals surface area contributed by atoms with Crippen molar-refractivity contribution < 1.29 is 9.59 Å². The highest BCUT2D eigenvalue weighted by Crippen LogP contribution is 2.26. The highest BCUT2D eigenvalue weighted by Gasteiger charge is 2.27. The summed E-state index contributed by atoms with van der Waals surface area (Å²) in [6.07, 6.45) is 0. The highest BCUT2D eigenvalue weighted by molar-refractivity contribution is 6.39. The van der Waals surface area contributed by atoms with Crippen LogP contribution >= 0.6 is 23.2 Å². The Hall–Kier alpha value is -1.30. The van der Waals surface area contributed by atoms with Crippen LogP contribution in [0.3, 0.4) is 0 Å². The first-order valence-corrected chi connectivity index (χ1v) is 7.45. The fraction of sp³-hybridized carbons (Fsp3) is 0.429. The lowest BCUT2D eigenvalue weighted by Crippen LogP contribution is -2.53. The largest absolute Gasteiger partial charge is 0.338 e. The van der Waals surface area contributed by atoms with Crippen LogP contribution in [0.1, 0.15) is 17.3 Å². The van der Waals surface area contributed by atoms with Crippen LogP contribution in [0.4, 0.5) is 0 Å². The molecule has 0 saturated carbocycles. The fourth-order valence-corrected chi connectivity index (χ4v) is 2.84. The first-order valence-electron chi connectivity index (χ1n) is 6.69. The van der Waals surface area contributed by atoms with E-state index in [1.54, 1.807) is 34.9 Å². The first-order chi connectivity index (χ1) is 9.91. The van der Waals surface area contributed by atoms with E-state index < -0.39 is 6.04 Å². The number of halogens is 2. The number of piperazine rings is 1. The van der Waals surface area contributed by atoms with Gasteiger partial charge in [0.05, 0.1) is 21.7 Å². The average molecular weight is 330 g/mol. The monoisotopic (exact) mass is 329 g/mol. The Labute approximate surface area is 133 Å². The molecular formula is C14H17Cl2N3O2. The van der Waals surface area contributed by atoms with Crippen LogP contribution in [0.2, 0.25) is 10.0 Å². The van der Waals surface area contributed by atoms with Gasteiger partial charge in [0.25, 0.3) is 5.91 Å². The topological polar surface area (TPSA) is 66.6 Å². The Morgan fingerprint density at radius 1 is 1.10 bits per heavy atom. The van der Waals surface area contributed by atoms with Gasteiger partial charge in [0, 0.05) is 26.2 Å². The van der Waals surface area contributed by atoms with Gasteiger partial charge in [-0.15, -0.1) is 0 Å². The van der Waals surface area contributed by atoms with Crippen LogP contribution in [0, 0.1) is 0 Å². The fourth-order valence-electron chi connectivity index (χ4n) is 2.28. The molecule has 114 valence electrons. The summed E-state index contributed by atoms with van der Waals surface area (Å²) in [6.45, 7) is 3.48. The molecule has 5 nitrogen and oxygen atoms in total. The molecule has 1 aromatic carbocycles. The van der Waals surface area contributed by atoms with Crippen molar-refractivity contribution in [1.29, 1.82) is 0 Å². The SMILES string of the molecule is C[C@H](N)C(=O)N1CCN(C(=O)c2c(Cl)cccc2Cl)CC1. The molecule has 0 aromatic heterocycles. The van der Waals surface area contributed by atoms with Gasteiger partial charge in [0.1, 0.15) is 0 Å². The number of nitrogens with zero attached hydrogens (tertiary/aromatic N) is 2. The van der Waals surface area contributed by atoms with Gasteiger partial charge in [-0.1, -0.05) is 29.3 Å². The summed E-state index contributed by atoms with van der Waals surface area (Å²) in [7, 11) is 0. The molecule has 1 aromatic rings. The molecule has 21 heavy (non-hydrogen) atoms. The number of rotatable bonds is 2. The molecule has 2 N–H and O–H groups in total. The van der Waals surface area contributed by atoms with Gasteiger partial charge >= 0.3 is 0 Å². The van der Waals surface area contributed by atoms with Gasteiger partial charge in [-0.2, -0.15) is 0 Å². The van der Waals surface area contributed by atoms with Crippen LogP contribution < -0.4 is 5.73 Å². The summed E-state index contributed by atoms with van der Waals surface area (Å²) in [4.78, 5) is 27.6. The molecule has 0 radical (unpaired) electrons. The van der Waals surface area contributed by atoms with Crippen molar-refractivity contribution in [2.45, 2.75) is 13.0 Å². The maximum Gasteiger partial charge on any atom is 0.257 e. The standard InChI is InChI=1S/C14H17Cl2N3O2/c1-9(17)13(20)18-5-7-19(8-6-18)14(21)12-10(15)3-2-4-11(12)16/h2-4,9H,5-8,17H2,1H3/t9-/m0/s1. The van der Waals surface area contributed by atoms with E-state index in [4.69, 9.17) is 28.9 Å². The second-order valence-corrected chi connectivity index (χ2v) is 5.82. The summed E-state index contributed by atoms with van der Waals surface area (Å²) >= 11 is 12.1. The molecule has 0 bridgehead atoms. The van der Waals surface area contributed by atoms with Crippen LogP contribution in [0.15, 0.2) is 18.2 Å². The summed E-state index contributed by atoms with van der Waals surface area (Å²) in [5.41, 5.74) is 5.90. The van der Waals surface area contributed by atoms with Crippen molar-refractivity contribution in [3.63, 3.8) is 0 Å². The number of amides is 2. The lowest BCUT2D eigenvalue weighted by molar-refractivity contribution is -0.133. The van der Waals surface area contributed by atoms with E-state index in [0.717, 1.165) is 0 Å². The second kappa shape index (κ2) is 6.64. The van der Waals surface area contributed by atoms with Crippen molar-refractivity contribution in [1.82, 2.24) is 9.80 Å². The van der Waals surface area contributed by atoms with Gasteiger partial charge in [-0.25, -0.2) is 0 Å². The summed E-state index contributed by atoms with van der Waals surface area (Å²) in [5, 5.41) is 0.670. The Morgan fingerprint density at radius 2 is 1.57 bits per heavy atom. The third-order valence-electron chi connectivity index (χ3n) is 3.44. The first kappa shape index (κ1) is 16.1. The van der Waals surface area contributed by atoms with Gasteiger partial charge < -0.3 is 15.5 Å². The number of nitrogens with two attached hydrogens (primary N) is 1. The zero-order valence-electron chi connectivity index (χ0n) is 11.7. The number of carbonyl (C=O) groups excluding carboxylic acids is 2. The van der Waals surface area contributed by atoms with E-state index >= 15 is 0 Å². The molecular weight excluding hydrogens is 313 g/mol. The molecule has 1 aliphatic heterocycles. The number of carbonyl (C=O) groups is 2. The van der Waals surface area contributed by atoms with Gasteiger partial charge in [-0.3, -0.25) is 9.59 Å². The smallest absolute Gasteiger partial charge is 0.257 e. The molecule has 0 aliphatic carbocycles. The summed E-state index contributed by atoms with van der Waals surface area (Å²) in [6, 6.07) is 4.44. The van der Waals surface area contributed by atoms with E-state index in [2.05, 4.69) is 0 Å². The minimum absolute atomic E-state index is 0.0992. The molecule has 0 unspecified atom stereocenters. The van der Waals surface area contributed by atoms with Crippen molar-refractivity contribution >= 4 is 35.0 Å². The molecule has 1 heterocycles. The summed E-state index contributed by atoms with van der Waals surface area (Å²) < 4.78 is 0. The predicted octanol–water partition coefficient (Wildman–Crippen LogP) is 1.62. The van der Waals surface area contributed by atoms with E-state index in [-0.39, 0.29) is 11.8 Å². The molecule has 1 aliphatic rings. The van der Waals surface area contributed by atoms with E-state index in [1.807, 2.05) is 0 Å². The summed E-state index contributed by atoms with van der Waals surface area (Å²) in [5.74, 6) is -0.309. The van der Waals surface area contributed by atoms with E-state index in [0.29, 0.717) is 41.8 Å². The van der Waals surface area contributed by atoms with Crippen LogP contribution in [-0.2, 0) is 4.79 Å². The van der Waals surface area contributed by atoms with Gasteiger partial charge in [-0.05, 0) is 19.1 Å². The maximum absolute atomic E-state index is 12.5. The highest BCUT2D eigenvalue weighted by atomic mass is 35.5. The number of hydrogen-bond acceptors (Lipinski definition) is 3. The number of benzene rings is 1. The van der Waals surface area contributed by atoms with Crippen molar-refractivity contribution in [3.05, 3.63) is 33.8 Å².